The zero-order valence-corrected chi connectivity index (χ0v) is 16.9. The molecule has 2 fully saturated rings. The van der Waals surface area contributed by atoms with Crippen molar-refractivity contribution >= 4 is 22.8 Å². The van der Waals surface area contributed by atoms with E-state index in [-0.39, 0.29) is 11.8 Å². The highest BCUT2D eigenvalue weighted by Gasteiger charge is 2.35. The third-order valence-corrected chi connectivity index (χ3v) is 6.69. The average molecular weight is 393 g/mol. The summed E-state index contributed by atoms with van der Waals surface area (Å²) in [6.45, 7) is 4.50. The first kappa shape index (κ1) is 18.4. The van der Waals surface area contributed by atoms with Crippen LogP contribution < -0.4 is 5.32 Å². The number of likely N-dealkylation sites (tertiary alicyclic amines) is 2. The third-order valence-electron chi connectivity index (χ3n) is 6.69. The van der Waals surface area contributed by atoms with Crippen molar-refractivity contribution < 1.29 is 4.79 Å². The Balaban J connectivity index is 1.54. The minimum Gasteiger partial charge on any atom is -0.369 e. The standard InChI is InChI=1S/C21H27N7O/c1-26-13-14(11-18(26)29)21-25-17-12-24-20-16(3-7-23-20)19(17)28(21)15-4-9-27(10-5-15)8-2-6-22/h12,14-15H,2-5,7-11,13H2,1H3,(H,23,24). The van der Waals surface area contributed by atoms with Crippen molar-refractivity contribution in [3.63, 3.8) is 0 Å². The van der Waals surface area contributed by atoms with Gasteiger partial charge < -0.3 is 19.7 Å². The molecule has 5 heterocycles. The summed E-state index contributed by atoms with van der Waals surface area (Å²) in [5.41, 5.74) is 3.44. The maximum atomic E-state index is 12.2. The van der Waals surface area contributed by atoms with Gasteiger partial charge in [0.05, 0.1) is 17.8 Å². The third kappa shape index (κ3) is 3.14. The maximum absolute atomic E-state index is 12.2. The molecule has 2 aromatic rings. The number of anilines is 1. The lowest BCUT2D eigenvalue weighted by molar-refractivity contribution is -0.126. The van der Waals surface area contributed by atoms with Gasteiger partial charge >= 0.3 is 0 Å². The summed E-state index contributed by atoms with van der Waals surface area (Å²) in [7, 11) is 1.88. The van der Waals surface area contributed by atoms with E-state index in [2.05, 4.69) is 25.8 Å². The maximum Gasteiger partial charge on any atom is 0.223 e. The van der Waals surface area contributed by atoms with Crippen LogP contribution in [-0.4, -0.2) is 70.0 Å². The summed E-state index contributed by atoms with van der Waals surface area (Å²) in [4.78, 5) is 26.0. The quantitative estimate of drug-likeness (QED) is 0.853. The molecule has 2 saturated heterocycles. The number of aromatic nitrogens is 3. The molecule has 0 aromatic carbocycles. The lowest BCUT2D eigenvalue weighted by atomic mass is 10.0. The van der Waals surface area contributed by atoms with E-state index in [1.54, 1.807) is 0 Å². The Morgan fingerprint density at radius 1 is 1.34 bits per heavy atom. The van der Waals surface area contributed by atoms with Gasteiger partial charge in [0.25, 0.3) is 0 Å². The van der Waals surface area contributed by atoms with Crippen LogP contribution in [0.5, 0.6) is 0 Å². The Hall–Kier alpha value is -2.66. The second-order valence-electron chi connectivity index (χ2n) is 8.49. The number of nitrogens with zero attached hydrogens (tertiary/aromatic N) is 6. The number of hydrogen-bond donors (Lipinski definition) is 1. The number of nitrogens with one attached hydrogen (secondary N) is 1. The highest BCUT2D eigenvalue weighted by Crippen LogP contribution is 2.38. The molecule has 5 rings (SSSR count). The predicted molar refractivity (Wildman–Crippen MR) is 110 cm³/mol. The number of pyridine rings is 1. The molecule has 0 spiro atoms. The van der Waals surface area contributed by atoms with Crippen molar-refractivity contribution in [3.8, 4) is 6.07 Å². The first-order valence-electron chi connectivity index (χ1n) is 10.6. The number of amides is 1. The van der Waals surface area contributed by atoms with Crippen LogP contribution in [0.1, 0.15) is 49.0 Å². The van der Waals surface area contributed by atoms with Crippen molar-refractivity contribution in [2.75, 3.05) is 45.1 Å². The zero-order valence-electron chi connectivity index (χ0n) is 16.9. The molecule has 8 heteroatoms. The predicted octanol–water partition coefficient (Wildman–Crippen LogP) is 1.90. The smallest absolute Gasteiger partial charge is 0.223 e. The second kappa shape index (κ2) is 7.30. The first-order valence-corrected chi connectivity index (χ1v) is 10.6. The van der Waals surface area contributed by atoms with Crippen LogP contribution in [0, 0.1) is 11.3 Å². The van der Waals surface area contributed by atoms with Gasteiger partial charge in [-0.25, -0.2) is 9.97 Å². The molecular formula is C21H27N7O. The fourth-order valence-electron chi connectivity index (χ4n) is 5.17. The number of carbonyl (C=O) groups is 1. The Bertz CT molecular complexity index is 983. The molecule has 8 nitrogen and oxygen atoms in total. The molecule has 3 aliphatic heterocycles. The zero-order chi connectivity index (χ0) is 20.0. The van der Waals surface area contributed by atoms with E-state index in [4.69, 9.17) is 10.2 Å². The number of rotatable bonds is 4. The monoisotopic (exact) mass is 393 g/mol. The van der Waals surface area contributed by atoms with Gasteiger partial charge in [0.15, 0.2) is 0 Å². The minimum atomic E-state index is 0.140. The molecule has 1 unspecified atom stereocenters. The van der Waals surface area contributed by atoms with Crippen LogP contribution in [-0.2, 0) is 11.2 Å². The van der Waals surface area contributed by atoms with Gasteiger partial charge in [-0.2, -0.15) is 5.26 Å². The summed E-state index contributed by atoms with van der Waals surface area (Å²) in [6, 6.07) is 2.63. The van der Waals surface area contributed by atoms with E-state index in [1.807, 2.05) is 18.1 Å². The van der Waals surface area contributed by atoms with E-state index in [0.29, 0.717) is 18.9 Å². The Kier molecular flexibility index (Phi) is 4.63. The highest BCUT2D eigenvalue weighted by atomic mass is 16.2. The normalized spacial score (nSPS) is 22.8. The number of hydrogen-bond acceptors (Lipinski definition) is 6. The fraction of sp³-hybridized carbons (Fsp3) is 0.619. The molecule has 0 saturated carbocycles. The molecule has 0 bridgehead atoms. The number of fused-ring (bicyclic) bond motifs is 3. The lowest BCUT2D eigenvalue weighted by Gasteiger charge is -2.34. The first-order chi connectivity index (χ1) is 14.2. The van der Waals surface area contributed by atoms with Crippen molar-refractivity contribution in [2.45, 2.75) is 44.1 Å². The number of carbonyl (C=O) groups excluding carboxylic acids is 1. The Labute approximate surface area is 170 Å². The van der Waals surface area contributed by atoms with E-state index < -0.39 is 0 Å². The molecule has 0 radical (unpaired) electrons. The van der Waals surface area contributed by atoms with E-state index in [9.17, 15) is 4.79 Å². The van der Waals surface area contributed by atoms with E-state index >= 15 is 0 Å². The molecule has 0 aliphatic carbocycles. The van der Waals surface area contributed by atoms with Crippen molar-refractivity contribution in [2.24, 2.45) is 0 Å². The van der Waals surface area contributed by atoms with Crippen LogP contribution in [0.2, 0.25) is 0 Å². The summed E-state index contributed by atoms with van der Waals surface area (Å²) in [5, 5.41) is 12.3. The fourth-order valence-corrected chi connectivity index (χ4v) is 5.17. The lowest BCUT2D eigenvalue weighted by Crippen LogP contribution is -2.35. The van der Waals surface area contributed by atoms with Crippen molar-refractivity contribution in [3.05, 3.63) is 17.6 Å². The summed E-state index contributed by atoms with van der Waals surface area (Å²) < 4.78 is 2.46. The van der Waals surface area contributed by atoms with Crippen LogP contribution in [0.25, 0.3) is 11.0 Å². The summed E-state index contributed by atoms with van der Waals surface area (Å²) in [5.74, 6) is 2.37. The van der Waals surface area contributed by atoms with Crippen LogP contribution in [0.15, 0.2) is 6.20 Å². The number of nitriles is 1. The molecule has 1 atom stereocenters. The average Bonchev–Trinajstić information content (AvgIpc) is 3.43. The second-order valence-corrected chi connectivity index (χ2v) is 8.49. The van der Waals surface area contributed by atoms with Crippen molar-refractivity contribution in [1.82, 2.24) is 24.3 Å². The summed E-state index contributed by atoms with van der Waals surface area (Å²) in [6.07, 6.45) is 6.07. The molecule has 3 aliphatic rings. The molecular weight excluding hydrogens is 366 g/mol. The van der Waals surface area contributed by atoms with Gasteiger partial charge in [0, 0.05) is 70.1 Å². The molecule has 1 N–H and O–H groups in total. The van der Waals surface area contributed by atoms with Gasteiger partial charge in [-0.15, -0.1) is 0 Å². The van der Waals surface area contributed by atoms with Gasteiger partial charge in [-0.1, -0.05) is 0 Å². The number of imidazole rings is 1. The van der Waals surface area contributed by atoms with Crippen LogP contribution >= 0.6 is 0 Å². The Morgan fingerprint density at radius 2 is 2.17 bits per heavy atom. The topological polar surface area (TPSA) is 90.1 Å². The molecule has 1 amide bonds. The largest absolute Gasteiger partial charge is 0.369 e. The SMILES string of the molecule is CN1CC(c2nc3cnc4c(c3n2C2CCN(CCC#N)CC2)CCN4)CC1=O. The van der Waals surface area contributed by atoms with Crippen LogP contribution in [0.3, 0.4) is 0 Å². The summed E-state index contributed by atoms with van der Waals surface area (Å²) >= 11 is 0. The minimum absolute atomic E-state index is 0.140. The van der Waals surface area contributed by atoms with E-state index in [1.165, 1.54) is 11.1 Å². The van der Waals surface area contributed by atoms with E-state index in [0.717, 1.165) is 69.1 Å². The highest BCUT2D eigenvalue weighted by molar-refractivity contribution is 5.85. The van der Waals surface area contributed by atoms with Gasteiger partial charge in [0.2, 0.25) is 5.91 Å². The van der Waals surface area contributed by atoms with Crippen LogP contribution in [0.4, 0.5) is 5.82 Å². The van der Waals surface area contributed by atoms with Gasteiger partial charge in [-0.05, 0) is 19.3 Å². The number of piperidine rings is 1. The van der Waals surface area contributed by atoms with Crippen molar-refractivity contribution in [1.29, 1.82) is 5.26 Å². The van der Waals surface area contributed by atoms with Gasteiger partial charge in [0.1, 0.15) is 17.2 Å². The van der Waals surface area contributed by atoms with Gasteiger partial charge in [-0.3, -0.25) is 4.79 Å². The Morgan fingerprint density at radius 3 is 2.90 bits per heavy atom. The molecule has 29 heavy (non-hydrogen) atoms. The molecule has 2 aromatic heterocycles. The number of likely N-dealkylation sites (N-methyl/N-ethyl adjacent to an activating group) is 1. The molecule has 152 valence electrons.